The minimum Gasteiger partial charge on any atom is -0.379 e. The van der Waals surface area contributed by atoms with Crippen LogP contribution in [0.2, 0.25) is 0 Å². The minimum absolute atomic E-state index is 0.0458. The number of rotatable bonds is 5. The van der Waals surface area contributed by atoms with Crippen LogP contribution in [0.25, 0.3) is 0 Å². The van der Waals surface area contributed by atoms with Gasteiger partial charge < -0.3 is 14.5 Å². The van der Waals surface area contributed by atoms with E-state index in [1.54, 1.807) is 4.90 Å². The van der Waals surface area contributed by atoms with Gasteiger partial charge in [0.05, 0.1) is 19.0 Å². The molecule has 1 amide bonds. The fourth-order valence-corrected chi connectivity index (χ4v) is 4.76. The van der Waals surface area contributed by atoms with Crippen LogP contribution in [0, 0.1) is 6.92 Å². The first-order chi connectivity index (χ1) is 12.5. The van der Waals surface area contributed by atoms with E-state index < -0.39 is 10.0 Å². The first kappa shape index (κ1) is 19.1. The number of aryl methyl sites for hydroxylation is 1. The molecule has 1 aromatic carbocycles. The lowest BCUT2D eigenvalue weighted by Crippen LogP contribution is -2.49. The smallest absolute Gasteiger partial charge is 0.223 e. The van der Waals surface area contributed by atoms with Crippen LogP contribution in [0.4, 0.5) is 5.69 Å². The van der Waals surface area contributed by atoms with Crippen molar-refractivity contribution in [2.45, 2.75) is 13.3 Å². The maximum Gasteiger partial charge on any atom is 0.223 e. The molecule has 1 aromatic rings. The summed E-state index contributed by atoms with van der Waals surface area (Å²) in [6.07, 6.45) is 0.0458. The highest BCUT2D eigenvalue weighted by atomic mass is 32.2. The van der Waals surface area contributed by atoms with E-state index in [1.165, 1.54) is 15.6 Å². The molecular formula is C18H27N3O4S. The number of hydrogen-bond acceptors (Lipinski definition) is 5. The van der Waals surface area contributed by atoms with Crippen molar-refractivity contribution in [2.75, 3.05) is 63.1 Å². The van der Waals surface area contributed by atoms with Gasteiger partial charge in [0, 0.05) is 51.4 Å². The molecule has 2 heterocycles. The topological polar surface area (TPSA) is 70.2 Å². The van der Waals surface area contributed by atoms with Crippen molar-refractivity contribution in [3.8, 4) is 0 Å². The second kappa shape index (κ2) is 8.37. The number of morpholine rings is 1. The van der Waals surface area contributed by atoms with Crippen LogP contribution in [0.1, 0.15) is 12.0 Å². The van der Waals surface area contributed by atoms with Crippen molar-refractivity contribution >= 4 is 21.6 Å². The molecule has 2 aliphatic heterocycles. The third-order valence-electron chi connectivity index (χ3n) is 4.94. The SMILES string of the molecule is Cc1cccc(N2CCN(C(=O)CCS(=O)(=O)N3CCOCC3)CC2)c1. The van der Waals surface area contributed by atoms with Gasteiger partial charge in [0.25, 0.3) is 0 Å². The molecule has 0 bridgehead atoms. The van der Waals surface area contributed by atoms with Gasteiger partial charge >= 0.3 is 0 Å². The van der Waals surface area contributed by atoms with Gasteiger partial charge in [0.1, 0.15) is 0 Å². The Kier molecular flexibility index (Phi) is 6.16. The normalized spacial score (nSPS) is 19.6. The molecule has 144 valence electrons. The van der Waals surface area contributed by atoms with Crippen molar-refractivity contribution in [3.63, 3.8) is 0 Å². The summed E-state index contributed by atoms with van der Waals surface area (Å²) in [5.41, 5.74) is 2.39. The van der Waals surface area contributed by atoms with E-state index in [-0.39, 0.29) is 18.1 Å². The highest BCUT2D eigenvalue weighted by Crippen LogP contribution is 2.18. The summed E-state index contributed by atoms with van der Waals surface area (Å²) in [6, 6.07) is 8.34. The summed E-state index contributed by atoms with van der Waals surface area (Å²) in [6.45, 7) is 6.48. The highest BCUT2D eigenvalue weighted by molar-refractivity contribution is 7.89. The van der Waals surface area contributed by atoms with Gasteiger partial charge in [-0.05, 0) is 24.6 Å². The molecule has 0 atom stereocenters. The molecule has 0 aromatic heterocycles. The average Bonchev–Trinajstić information content (AvgIpc) is 2.67. The van der Waals surface area contributed by atoms with Crippen LogP contribution in [0.5, 0.6) is 0 Å². The number of carbonyl (C=O) groups excluding carboxylic acids is 1. The first-order valence-corrected chi connectivity index (χ1v) is 10.7. The third kappa shape index (κ3) is 4.75. The predicted molar refractivity (Wildman–Crippen MR) is 101 cm³/mol. The van der Waals surface area contributed by atoms with E-state index in [0.717, 1.165) is 13.1 Å². The summed E-state index contributed by atoms with van der Waals surface area (Å²) >= 11 is 0. The van der Waals surface area contributed by atoms with Gasteiger partial charge in [0.15, 0.2) is 0 Å². The number of carbonyl (C=O) groups is 1. The molecule has 0 aliphatic carbocycles. The Bertz CT molecular complexity index is 724. The van der Waals surface area contributed by atoms with Crippen LogP contribution in [-0.2, 0) is 19.6 Å². The fourth-order valence-electron chi connectivity index (χ4n) is 3.37. The van der Waals surface area contributed by atoms with Crippen LogP contribution >= 0.6 is 0 Å². The van der Waals surface area contributed by atoms with Crippen molar-refractivity contribution in [1.29, 1.82) is 0 Å². The first-order valence-electron chi connectivity index (χ1n) is 9.11. The molecule has 0 radical (unpaired) electrons. The highest BCUT2D eigenvalue weighted by Gasteiger charge is 2.27. The third-order valence-corrected chi connectivity index (χ3v) is 6.81. The molecule has 0 unspecified atom stereocenters. The second-order valence-corrected chi connectivity index (χ2v) is 8.87. The van der Waals surface area contributed by atoms with E-state index in [0.29, 0.717) is 39.4 Å². The monoisotopic (exact) mass is 381 g/mol. The Hall–Kier alpha value is -1.64. The zero-order valence-corrected chi connectivity index (χ0v) is 16.1. The average molecular weight is 381 g/mol. The van der Waals surface area contributed by atoms with Gasteiger partial charge in [-0.25, -0.2) is 8.42 Å². The maximum absolute atomic E-state index is 12.4. The Balaban J connectivity index is 1.47. The molecule has 26 heavy (non-hydrogen) atoms. The molecule has 2 saturated heterocycles. The zero-order valence-electron chi connectivity index (χ0n) is 15.3. The summed E-state index contributed by atoms with van der Waals surface area (Å²) in [5, 5.41) is 0. The Labute approximate surface area is 155 Å². The molecular weight excluding hydrogens is 354 g/mol. The van der Waals surface area contributed by atoms with Gasteiger partial charge in [-0.15, -0.1) is 0 Å². The molecule has 0 spiro atoms. The largest absolute Gasteiger partial charge is 0.379 e. The van der Waals surface area contributed by atoms with Crippen molar-refractivity contribution in [1.82, 2.24) is 9.21 Å². The van der Waals surface area contributed by atoms with Crippen LogP contribution in [0.15, 0.2) is 24.3 Å². The zero-order chi connectivity index (χ0) is 18.6. The molecule has 8 heteroatoms. The lowest BCUT2D eigenvalue weighted by Gasteiger charge is -2.36. The number of nitrogens with zero attached hydrogens (tertiary/aromatic N) is 3. The van der Waals surface area contributed by atoms with E-state index in [4.69, 9.17) is 4.74 Å². The van der Waals surface area contributed by atoms with Crippen molar-refractivity contribution in [2.24, 2.45) is 0 Å². The summed E-state index contributed by atoms with van der Waals surface area (Å²) in [7, 11) is -3.38. The number of benzene rings is 1. The van der Waals surface area contributed by atoms with E-state index in [9.17, 15) is 13.2 Å². The van der Waals surface area contributed by atoms with E-state index >= 15 is 0 Å². The lowest BCUT2D eigenvalue weighted by atomic mass is 10.2. The number of anilines is 1. The molecule has 3 rings (SSSR count). The lowest BCUT2D eigenvalue weighted by molar-refractivity contribution is -0.131. The molecule has 7 nitrogen and oxygen atoms in total. The van der Waals surface area contributed by atoms with E-state index in [2.05, 4.69) is 30.0 Å². The van der Waals surface area contributed by atoms with Gasteiger partial charge in [-0.1, -0.05) is 12.1 Å². The molecule has 0 saturated carbocycles. The fraction of sp³-hybridized carbons (Fsp3) is 0.611. The number of sulfonamides is 1. The summed E-state index contributed by atoms with van der Waals surface area (Å²) < 4.78 is 31.3. The van der Waals surface area contributed by atoms with E-state index in [1.807, 2.05) is 6.07 Å². The van der Waals surface area contributed by atoms with Crippen molar-refractivity contribution in [3.05, 3.63) is 29.8 Å². The maximum atomic E-state index is 12.4. The van der Waals surface area contributed by atoms with Gasteiger partial charge in [0.2, 0.25) is 15.9 Å². The minimum atomic E-state index is -3.38. The number of hydrogen-bond donors (Lipinski definition) is 0. The standard InChI is InChI=1S/C18H27N3O4S/c1-16-3-2-4-17(15-16)19-6-8-20(9-7-19)18(22)5-14-26(23,24)21-10-12-25-13-11-21/h2-4,15H,5-14H2,1H3. The second-order valence-electron chi connectivity index (χ2n) is 6.78. The summed E-state index contributed by atoms with van der Waals surface area (Å²) in [4.78, 5) is 16.5. The van der Waals surface area contributed by atoms with Crippen molar-refractivity contribution < 1.29 is 17.9 Å². The predicted octanol–water partition coefficient (Wildman–Crippen LogP) is 0.696. The quantitative estimate of drug-likeness (QED) is 0.751. The van der Waals surface area contributed by atoms with Crippen LogP contribution in [-0.4, -0.2) is 81.8 Å². The Morgan fingerprint density at radius 3 is 2.42 bits per heavy atom. The Morgan fingerprint density at radius 1 is 1.08 bits per heavy atom. The number of ether oxygens (including phenoxy) is 1. The van der Waals surface area contributed by atoms with Gasteiger partial charge in [-0.3, -0.25) is 4.79 Å². The molecule has 2 fully saturated rings. The Morgan fingerprint density at radius 2 is 1.77 bits per heavy atom. The molecule has 2 aliphatic rings. The van der Waals surface area contributed by atoms with Gasteiger partial charge in [-0.2, -0.15) is 4.31 Å². The number of amides is 1. The van der Waals surface area contributed by atoms with Crippen LogP contribution in [0.3, 0.4) is 0 Å². The molecule has 0 N–H and O–H groups in total. The summed E-state index contributed by atoms with van der Waals surface area (Å²) in [5.74, 6) is -0.199. The number of piperazine rings is 1. The van der Waals surface area contributed by atoms with Crippen LogP contribution < -0.4 is 4.90 Å².